The minimum atomic E-state index is -0.414. The molecule has 0 aliphatic carbocycles. The molecule has 0 spiro atoms. The fraction of sp³-hybridized carbons (Fsp3) is 0.156. The summed E-state index contributed by atoms with van der Waals surface area (Å²) in [4.78, 5) is 21.4. The number of carbonyl (C=O) groups excluding carboxylic acids is 1. The van der Waals surface area contributed by atoms with Gasteiger partial charge in [0, 0.05) is 18.8 Å². The maximum Gasteiger partial charge on any atom is 0.340 e. The zero-order valence-electron chi connectivity index (χ0n) is 22.1. The number of aliphatic imine (C=N–C) groups is 1. The predicted octanol–water partition coefficient (Wildman–Crippen LogP) is 6.78. The molecule has 1 aromatic heterocycles. The number of fused-ring (bicyclic) bond motifs is 1. The topological polar surface area (TPSA) is 74.9 Å². The third-order valence-corrected chi connectivity index (χ3v) is 6.29. The molecule has 0 amide bonds. The number of esters is 1. The lowest BCUT2D eigenvalue weighted by molar-refractivity contribution is 0.0602. The van der Waals surface area contributed by atoms with Crippen molar-refractivity contribution in [3.05, 3.63) is 108 Å². The molecule has 7 heteroatoms. The predicted molar refractivity (Wildman–Crippen MR) is 153 cm³/mol. The standard InChI is InChI=1S/C32H29N3O4/c1-4-38-32-34-29-12-8-11-27(31(36)37-3)30(29)35(32)21-22-13-15-23(16-14-22)28-19-26(18-17-24(28)20-33-2)39-25-9-6-5-7-10-25/h5-20H,4,21H2,1-3H3. The average Bonchev–Trinajstić information content (AvgIpc) is 3.31. The summed E-state index contributed by atoms with van der Waals surface area (Å²) < 4.78 is 18.8. The van der Waals surface area contributed by atoms with E-state index in [1.165, 1.54) is 7.11 Å². The lowest BCUT2D eigenvalue weighted by atomic mass is 9.98. The van der Waals surface area contributed by atoms with Crippen LogP contribution in [0.25, 0.3) is 22.2 Å². The van der Waals surface area contributed by atoms with E-state index in [-0.39, 0.29) is 0 Å². The molecule has 0 bridgehead atoms. The normalized spacial score (nSPS) is 11.2. The Hall–Kier alpha value is -4.91. The molecule has 5 rings (SSSR count). The summed E-state index contributed by atoms with van der Waals surface area (Å²) in [5, 5.41) is 0. The van der Waals surface area contributed by atoms with Gasteiger partial charge in [-0.05, 0) is 66.1 Å². The Balaban J connectivity index is 1.49. The number of methoxy groups -OCH3 is 1. The van der Waals surface area contributed by atoms with E-state index in [2.05, 4.69) is 34.2 Å². The van der Waals surface area contributed by atoms with E-state index in [0.717, 1.165) is 33.8 Å². The SMILES string of the molecule is CCOc1nc2cccc(C(=O)OC)c2n1Cc1ccc(-c2cc(Oc3ccccc3)ccc2C=NC)cc1. The summed E-state index contributed by atoms with van der Waals surface area (Å²) in [6.45, 7) is 2.84. The largest absolute Gasteiger partial charge is 0.465 e. The molecular weight excluding hydrogens is 490 g/mol. The molecule has 0 radical (unpaired) electrons. The Morgan fingerprint density at radius 3 is 2.46 bits per heavy atom. The third-order valence-electron chi connectivity index (χ3n) is 6.29. The molecule has 0 aliphatic heterocycles. The molecule has 0 atom stereocenters. The van der Waals surface area contributed by atoms with Gasteiger partial charge in [0.05, 0.1) is 36.9 Å². The van der Waals surface area contributed by atoms with Crippen LogP contribution in [-0.4, -0.2) is 42.5 Å². The molecule has 4 aromatic carbocycles. The summed E-state index contributed by atoms with van der Waals surface area (Å²) in [6, 6.07) is 29.8. The second kappa shape index (κ2) is 11.6. The number of hydrogen-bond donors (Lipinski definition) is 0. The Labute approximate surface area is 227 Å². The number of nitrogens with zero attached hydrogens (tertiary/aromatic N) is 3. The highest BCUT2D eigenvalue weighted by molar-refractivity contribution is 6.02. The number of hydrogen-bond acceptors (Lipinski definition) is 6. The second-order valence-electron chi connectivity index (χ2n) is 8.83. The smallest absolute Gasteiger partial charge is 0.340 e. The Kier molecular flexibility index (Phi) is 7.68. The molecule has 0 saturated carbocycles. The van der Waals surface area contributed by atoms with Gasteiger partial charge in [-0.2, -0.15) is 4.98 Å². The van der Waals surface area contributed by atoms with E-state index in [1.807, 2.05) is 72.3 Å². The van der Waals surface area contributed by atoms with Crippen LogP contribution in [-0.2, 0) is 11.3 Å². The van der Waals surface area contributed by atoms with Crippen LogP contribution < -0.4 is 9.47 Å². The lowest BCUT2D eigenvalue weighted by Crippen LogP contribution is -2.09. The van der Waals surface area contributed by atoms with Gasteiger partial charge in [0.2, 0.25) is 0 Å². The van der Waals surface area contributed by atoms with E-state index >= 15 is 0 Å². The van der Waals surface area contributed by atoms with Crippen LogP contribution in [0.3, 0.4) is 0 Å². The maximum absolute atomic E-state index is 12.5. The van der Waals surface area contributed by atoms with Crippen molar-refractivity contribution in [2.24, 2.45) is 4.99 Å². The zero-order valence-corrected chi connectivity index (χ0v) is 22.1. The number of rotatable bonds is 9. The average molecular weight is 520 g/mol. The van der Waals surface area contributed by atoms with Crippen molar-refractivity contribution < 1.29 is 19.0 Å². The van der Waals surface area contributed by atoms with Crippen LogP contribution in [0.1, 0.15) is 28.4 Å². The van der Waals surface area contributed by atoms with E-state index in [4.69, 9.17) is 14.2 Å². The van der Waals surface area contributed by atoms with Crippen molar-refractivity contribution >= 4 is 23.2 Å². The van der Waals surface area contributed by atoms with Crippen molar-refractivity contribution in [1.82, 2.24) is 9.55 Å². The number of para-hydroxylation sites is 2. The van der Waals surface area contributed by atoms with Crippen LogP contribution in [0, 0.1) is 0 Å². The maximum atomic E-state index is 12.5. The first-order valence-corrected chi connectivity index (χ1v) is 12.7. The first-order valence-electron chi connectivity index (χ1n) is 12.7. The van der Waals surface area contributed by atoms with Crippen molar-refractivity contribution in [1.29, 1.82) is 0 Å². The molecule has 196 valence electrons. The molecule has 39 heavy (non-hydrogen) atoms. The number of imidazole rings is 1. The number of benzene rings is 4. The highest BCUT2D eigenvalue weighted by Gasteiger charge is 2.20. The zero-order chi connectivity index (χ0) is 27.2. The van der Waals surface area contributed by atoms with E-state index in [1.54, 1.807) is 19.2 Å². The van der Waals surface area contributed by atoms with Crippen LogP contribution in [0.5, 0.6) is 17.5 Å². The monoisotopic (exact) mass is 519 g/mol. The summed E-state index contributed by atoms with van der Waals surface area (Å²) in [5.74, 6) is 1.11. The molecule has 5 aromatic rings. The fourth-order valence-electron chi connectivity index (χ4n) is 4.52. The van der Waals surface area contributed by atoms with Gasteiger partial charge in [0.15, 0.2) is 0 Å². The van der Waals surface area contributed by atoms with Gasteiger partial charge >= 0.3 is 5.97 Å². The molecule has 0 unspecified atom stereocenters. The van der Waals surface area contributed by atoms with E-state index < -0.39 is 5.97 Å². The molecule has 7 nitrogen and oxygen atoms in total. The van der Waals surface area contributed by atoms with Gasteiger partial charge in [-0.25, -0.2) is 4.79 Å². The Bertz CT molecular complexity index is 1620. The minimum absolute atomic E-state index is 0.414. The Morgan fingerprint density at radius 1 is 0.949 bits per heavy atom. The highest BCUT2D eigenvalue weighted by atomic mass is 16.5. The lowest BCUT2D eigenvalue weighted by Gasteiger charge is -2.13. The molecule has 0 fully saturated rings. The molecule has 0 saturated heterocycles. The molecular formula is C32H29N3O4. The molecule has 1 heterocycles. The number of ether oxygens (including phenoxy) is 3. The first kappa shape index (κ1) is 25.7. The van der Waals surface area contributed by atoms with E-state index in [9.17, 15) is 4.79 Å². The quantitative estimate of drug-likeness (QED) is 0.159. The summed E-state index contributed by atoms with van der Waals surface area (Å²) >= 11 is 0. The van der Waals surface area contributed by atoms with Gasteiger partial charge in [-0.3, -0.25) is 9.56 Å². The van der Waals surface area contributed by atoms with Crippen LogP contribution in [0.15, 0.2) is 96.0 Å². The minimum Gasteiger partial charge on any atom is -0.465 e. The molecule has 0 N–H and O–H groups in total. The summed E-state index contributed by atoms with van der Waals surface area (Å²) in [6.07, 6.45) is 1.84. The van der Waals surface area contributed by atoms with Gasteiger partial charge in [-0.1, -0.05) is 48.5 Å². The van der Waals surface area contributed by atoms with Crippen molar-refractivity contribution in [3.8, 4) is 28.6 Å². The van der Waals surface area contributed by atoms with Gasteiger partial charge in [-0.15, -0.1) is 0 Å². The van der Waals surface area contributed by atoms with Crippen molar-refractivity contribution in [2.45, 2.75) is 13.5 Å². The van der Waals surface area contributed by atoms with Crippen LogP contribution in [0.4, 0.5) is 0 Å². The van der Waals surface area contributed by atoms with Gasteiger partial charge in [0.25, 0.3) is 6.01 Å². The van der Waals surface area contributed by atoms with Crippen LogP contribution in [0.2, 0.25) is 0 Å². The Morgan fingerprint density at radius 2 is 1.74 bits per heavy atom. The van der Waals surface area contributed by atoms with Crippen molar-refractivity contribution in [2.75, 3.05) is 20.8 Å². The number of aromatic nitrogens is 2. The summed E-state index contributed by atoms with van der Waals surface area (Å²) in [7, 11) is 3.14. The third kappa shape index (κ3) is 5.52. The van der Waals surface area contributed by atoms with Gasteiger partial charge in [0.1, 0.15) is 11.5 Å². The summed E-state index contributed by atoms with van der Waals surface area (Å²) in [5.41, 5.74) is 5.87. The van der Waals surface area contributed by atoms with Crippen LogP contribution >= 0.6 is 0 Å². The van der Waals surface area contributed by atoms with E-state index in [0.29, 0.717) is 35.8 Å². The second-order valence-corrected chi connectivity index (χ2v) is 8.83. The first-order chi connectivity index (χ1) is 19.1. The highest BCUT2D eigenvalue weighted by Crippen LogP contribution is 2.31. The van der Waals surface area contributed by atoms with Crippen molar-refractivity contribution in [3.63, 3.8) is 0 Å². The fourth-order valence-corrected chi connectivity index (χ4v) is 4.52. The van der Waals surface area contributed by atoms with Gasteiger partial charge < -0.3 is 14.2 Å². The number of carbonyl (C=O) groups is 1. The molecule has 0 aliphatic rings.